The van der Waals surface area contributed by atoms with Crippen molar-refractivity contribution in [2.24, 2.45) is 11.8 Å². The summed E-state index contributed by atoms with van der Waals surface area (Å²) in [6.45, 7) is 5.07. The molecule has 0 bridgehead atoms. The van der Waals surface area contributed by atoms with Crippen LogP contribution >= 0.6 is 22.9 Å². The SMILES string of the molecule is COc1ccc(C)cc1O[C@@H]1C[C@@H]2CN(Cc3ccc(Cl)s3)C[C@@H]2C[C@H]1O. The second-order valence-electron chi connectivity index (χ2n) is 7.77. The molecule has 0 radical (unpaired) electrons. The molecule has 0 spiro atoms. The van der Waals surface area contributed by atoms with Crippen LogP contribution in [0, 0.1) is 18.8 Å². The minimum Gasteiger partial charge on any atom is -0.493 e. The number of fused-ring (bicyclic) bond motifs is 1. The van der Waals surface area contributed by atoms with Gasteiger partial charge in [-0.25, -0.2) is 0 Å². The van der Waals surface area contributed by atoms with Gasteiger partial charge in [-0.05, 0) is 61.4 Å². The van der Waals surface area contributed by atoms with Crippen molar-refractivity contribution in [2.75, 3.05) is 20.2 Å². The first-order valence-corrected chi connectivity index (χ1v) is 10.7. The zero-order valence-electron chi connectivity index (χ0n) is 15.7. The molecule has 2 aromatic rings. The van der Waals surface area contributed by atoms with Gasteiger partial charge in [-0.3, -0.25) is 4.90 Å². The molecular weight excluding hydrogens is 382 g/mol. The number of aryl methyl sites for hydroxylation is 1. The molecule has 2 heterocycles. The van der Waals surface area contributed by atoms with Crippen molar-refractivity contribution in [1.82, 2.24) is 4.90 Å². The fraction of sp³-hybridized carbons (Fsp3) is 0.524. The molecule has 1 aromatic heterocycles. The zero-order chi connectivity index (χ0) is 19.0. The Balaban J connectivity index is 1.41. The van der Waals surface area contributed by atoms with Gasteiger partial charge in [-0.2, -0.15) is 0 Å². The van der Waals surface area contributed by atoms with Crippen LogP contribution in [0.2, 0.25) is 4.34 Å². The van der Waals surface area contributed by atoms with Crippen LogP contribution in [-0.4, -0.2) is 42.4 Å². The molecular formula is C21H26ClNO3S. The van der Waals surface area contributed by atoms with Crippen molar-refractivity contribution in [3.05, 3.63) is 45.1 Å². The van der Waals surface area contributed by atoms with Crippen LogP contribution in [-0.2, 0) is 6.54 Å². The van der Waals surface area contributed by atoms with E-state index >= 15 is 0 Å². The van der Waals surface area contributed by atoms with Crippen LogP contribution in [0.5, 0.6) is 11.5 Å². The highest BCUT2D eigenvalue weighted by atomic mass is 35.5. The molecule has 1 aromatic carbocycles. The number of benzene rings is 1. The van der Waals surface area contributed by atoms with Crippen molar-refractivity contribution in [3.63, 3.8) is 0 Å². The molecule has 6 heteroatoms. The molecule has 4 nitrogen and oxygen atoms in total. The fourth-order valence-electron chi connectivity index (χ4n) is 4.44. The van der Waals surface area contributed by atoms with Gasteiger partial charge in [0, 0.05) is 24.5 Å². The van der Waals surface area contributed by atoms with Gasteiger partial charge in [0.1, 0.15) is 6.10 Å². The maximum absolute atomic E-state index is 10.7. The maximum Gasteiger partial charge on any atom is 0.161 e. The molecule has 27 heavy (non-hydrogen) atoms. The van der Waals surface area contributed by atoms with E-state index in [1.165, 1.54) is 4.88 Å². The number of aliphatic hydroxyl groups excluding tert-OH is 1. The van der Waals surface area contributed by atoms with Crippen LogP contribution < -0.4 is 9.47 Å². The number of thiophene rings is 1. The predicted molar refractivity (Wildman–Crippen MR) is 109 cm³/mol. The largest absolute Gasteiger partial charge is 0.493 e. The lowest BCUT2D eigenvalue weighted by Gasteiger charge is -2.35. The third-order valence-corrected chi connectivity index (χ3v) is 6.98. The van der Waals surface area contributed by atoms with E-state index < -0.39 is 6.10 Å². The first kappa shape index (κ1) is 19.1. The van der Waals surface area contributed by atoms with Gasteiger partial charge >= 0.3 is 0 Å². The second kappa shape index (κ2) is 8.00. The van der Waals surface area contributed by atoms with Gasteiger partial charge in [0.2, 0.25) is 0 Å². The summed E-state index contributed by atoms with van der Waals surface area (Å²) in [4.78, 5) is 3.79. The number of halogens is 1. The standard InChI is InChI=1S/C21H26ClNO3S/c1-13-3-5-18(25-2)20(7-13)26-19-9-15-11-23(10-14(15)8-17(19)24)12-16-4-6-21(22)27-16/h3-7,14-15,17,19,24H,8-12H2,1-2H3/t14-,15+,17+,19+/m0/s1. The highest BCUT2D eigenvalue weighted by Crippen LogP contribution is 2.40. The smallest absolute Gasteiger partial charge is 0.161 e. The predicted octanol–water partition coefficient (Wildman–Crippen LogP) is 4.37. The summed E-state index contributed by atoms with van der Waals surface area (Å²) in [6.07, 6.45) is 1.06. The first-order valence-electron chi connectivity index (χ1n) is 9.47. The summed E-state index contributed by atoms with van der Waals surface area (Å²) in [7, 11) is 1.65. The van der Waals surface area contributed by atoms with Gasteiger partial charge in [-0.1, -0.05) is 17.7 Å². The molecule has 2 aliphatic rings. The Labute approximate surface area is 169 Å². The summed E-state index contributed by atoms with van der Waals surface area (Å²) in [5.41, 5.74) is 1.12. The summed E-state index contributed by atoms with van der Waals surface area (Å²) in [5, 5.41) is 10.7. The Morgan fingerprint density at radius 1 is 1.15 bits per heavy atom. The molecule has 1 saturated carbocycles. The molecule has 2 fully saturated rings. The third-order valence-electron chi connectivity index (χ3n) is 5.77. The molecule has 4 rings (SSSR count). The van der Waals surface area contributed by atoms with Crippen molar-refractivity contribution < 1.29 is 14.6 Å². The minimum absolute atomic E-state index is 0.182. The van der Waals surface area contributed by atoms with Gasteiger partial charge in [0.25, 0.3) is 0 Å². The Bertz CT molecular complexity index is 795. The summed E-state index contributed by atoms with van der Waals surface area (Å²) >= 11 is 7.71. The van der Waals surface area contributed by atoms with Crippen LogP contribution in [0.4, 0.5) is 0 Å². The Hall–Kier alpha value is -1.27. The minimum atomic E-state index is -0.437. The second-order valence-corrected chi connectivity index (χ2v) is 9.57. The highest BCUT2D eigenvalue weighted by Gasteiger charge is 2.42. The van der Waals surface area contributed by atoms with Gasteiger partial charge < -0.3 is 14.6 Å². The Morgan fingerprint density at radius 3 is 2.63 bits per heavy atom. The molecule has 0 unspecified atom stereocenters. The van der Waals surface area contributed by atoms with Crippen molar-refractivity contribution >= 4 is 22.9 Å². The van der Waals surface area contributed by atoms with Crippen LogP contribution in [0.3, 0.4) is 0 Å². The number of aliphatic hydroxyl groups is 1. The monoisotopic (exact) mass is 407 g/mol. The van der Waals surface area contributed by atoms with Crippen molar-refractivity contribution in [2.45, 2.75) is 38.5 Å². The molecule has 1 aliphatic carbocycles. The van der Waals surface area contributed by atoms with E-state index in [0.717, 1.165) is 53.9 Å². The zero-order valence-corrected chi connectivity index (χ0v) is 17.3. The van der Waals surface area contributed by atoms with Crippen LogP contribution in [0.15, 0.2) is 30.3 Å². The van der Waals surface area contributed by atoms with Gasteiger partial charge in [-0.15, -0.1) is 11.3 Å². The Morgan fingerprint density at radius 2 is 1.93 bits per heavy atom. The number of likely N-dealkylation sites (tertiary alicyclic amines) is 1. The van der Waals surface area contributed by atoms with E-state index in [-0.39, 0.29) is 6.10 Å². The number of rotatable bonds is 5. The molecule has 146 valence electrons. The lowest BCUT2D eigenvalue weighted by Crippen LogP contribution is -2.42. The summed E-state index contributed by atoms with van der Waals surface area (Å²) in [5.74, 6) is 2.54. The number of nitrogens with zero attached hydrogens (tertiary/aromatic N) is 1. The third kappa shape index (κ3) is 4.27. The number of ether oxygens (including phenoxy) is 2. The molecule has 1 aliphatic heterocycles. The normalized spacial score (nSPS) is 28.1. The maximum atomic E-state index is 10.7. The van der Waals surface area contributed by atoms with E-state index in [4.69, 9.17) is 21.1 Å². The van der Waals surface area contributed by atoms with Gasteiger partial charge in [0.15, 0.2) is 11.5 Å². The van der Waals surface area contributed by atoms with E-state index in [1.807, 2.05) is 31.2 Å². The summed E-state index contributed by atoms with van der Waals surface area (Å²) in [6, 6.07) is 9.99. The molecule has 0 amide bonds. The number of hydrogen-bond donors (Lipinski definition) is 1. The first-order chi connectivity index (χ1) is 13.0. The van der Waals surface area contributed by atoms with E-state index in [9.17, 15) is 5.11 Å². The van der Waals surface area contributed by atoms with Gasteiger partial charge in [0.05, 0.1) is 17.6 Å². The van der Waals surface area contributed by atoms with Crippen LogP contribution in [0.25, 0.3) is 0 Å². The average Bonchev–Trinajstić information content (AvgIpc) is 3.21. The highest BCUT2D eigenvalue weighted by molar-refractivity contribution is 7.16. The van der Waals surface area contributed by atoms with Crippen molar-refractivity contribution in [3.8, 4) is 11.5 Å². The van der Waals surface area contributed by atoms with Crippen molar-refractivity contribution in [1.29, 1.82) is 0 Å². The quantitative estimate of drug-likeness (QED) is 0.799. The number of methoxy groups -OCH3 is 1. The van der Waals surface area contributed by atoms with E-state index in [2.05, 4.69) is 11.0 Å². The number of hydrogen-bond acceptors (Lipinski definition) is 5. The average molecular weight is 408 g/mol. The lowest BCUT2D eigenvalue weighted by molar-refractivity contribution is -0.0240. The Kier molecular flexibility index (Phi) is 5.65. The van der Waals surface area contributed by atoms with E-state index in [1.54, 1.807) is 18.4 Å². The molecule has 1 saturated heterocycles. The summed E-state index contributed by atoms with van der Waals surface area (Å²) < 4.78 is 12.5. The molecule has 1 N–H and O–H groups in total. The topological polar surface area (TPSA) is 41.9 Å². The fourth-order valence-corrected chi connectivity index (χ4v) is 5.57. The van der Waals surface area contributed by atoms with Crippen LogP contribution in [0.1, 0.15) is 23.3 Å². The molecule has 4 atom stereocenters. The lowest BCUT2D eigenvalue weighted by atomic mass is 9.78. The van der Waals surface area contributed by atoms with E-state index in [0.29, 0.717) is 11.8 Å².